The van der Waals surface area contributed by atoms with Crippen LogP contribution in [0.25, 0.3) is 0 Å². The van der Waals surface area contributed by atoms with Crippen molar-refractivity contribution in [2.24, 2.45) is 5.73 Å². The Kier molecular flexibility index (Phi) is 3.65. The number of halogens is 2. The van der Waals surface area contributed by atoms with E-state index in [9.17, 15) is 4.39 Å². The summed E-state index contributed by atoms with van der Waals surface area (Å²) in [6, 6.07) is 2.75. The summed E-state index contributed by atoms with van der Waals surface area (Å²) in [4.78, 5) is 0. The van der Waals surface area contributed by atoms with Crippen LogP contribution in [0.15, 0.2) is 16.6 Å². The molecule has 0 heterocycles. The highest BCUT2D eigenvalue weighted by Crippen LogP contribution is 2.30. The second-order valence-electron chi connectivity index (χ2n) is 2.46. The van der Waals surface area contributed by atoms with Gasteiger partial charge in [-0.15, -0.1) is 0 Å². The van der Waals surface area contributed by atoms with Gasteiger partial charge in [0.25, 0.3) is 0 Å². The van der Waals surface area contributed by atoms with Gasteiger partial charge < -0.3 is 15.8 Å². The van der Waals surface area contributed by atoms with Crippen molar-refractivity contribution in [2.75, 3.05) is 12.4 Å². The van der Waals surface area contributed by atoms with E-state index in [1.807, 2.05) is 0 Å². The smallest absolute Gasteiger partial charge is 0.168 e. The third-order valence-electron chi connectivity index (χ3n) is 1.50. The lowest BCUT2D eigenvalue weighted by molar-refractivity contribution is 0.415. The Morgan fingerprint density at radius 1 is 1.64 bits per heavy atom. The fourth-order valence-electron chi connectivity index (χ4n) is 0.928. The standard InChI is InChI=1S/C8H8BrFN2OS/c1-13-7-2-4(9)5(10)3-6(7)12-8(11)14/h2-3H,1H3,(H3,11,12,14). The van der Waals surface area contributed by atoms with Crippen molar-refractivity contribution in [2.45, 2.75) is 0 Å². The van der Waals surface area contributed by atoms with E-state index >= 15 is 0 Å². The largest absolute Gasteiger partial charge is 0.495 e. The summed E-state index contributed by atoms with van der Waals surface area (Å²) in [6.07, 6.45) is 0. The second-order valence-corrected chi connectivity index (χ2v) is 3.75. The normalized spacial score (nSPS) is 9.64. The molecule has 0 saturated heterocycles. The summed E-state index contributed by atoms with van der Waals surface area (Å²) in [6.45, 7) is 0. The number of benzene rings is 1. The van der Waals surface area contributed by atoms with Gasteiger partial charge >= 0.3 is 0 Å². The number of nitrogens with two attached hydrogens (primary N) is 1. The summed E-state index contributed by atoms with van der Waals surface area (Å²) < 4.78 is 18.4. The maximum atomic E-state index is 13.1. The van der Waals surface area contributed by atoms with Crippen LogP contribution in [0.5, 0.6) is 5.75 Å². The molecule has 0 aromatic heterocycles. The van der Waals surface area contributed by atoms with Gasteiger partial charge in [-0.05, 0) is 34.2 Å². The molecule has 3 nitrogen and oxygen atoms in total. The first-order valence-electron chi connectivity index (χ1n) is 3.64. The first kappa shape index (κ1) is 11.2. The highest BCUT2D eigenvalue weighted by Gasteiger charge is 2.08. The predicted molar refractivity (Wildman–Crippen MR) is 61.1 cm³/mol. The van der Waals surface area contributed by atoms with Crippen molar-refractivity contribution >= 4 is 38.9 Å². The maximum Gasteiger partial charge on any atom is 0.168 e. The molecule has 0 saturated carbocycles. The van der Waals surface area contributed by atoms with Crippen LogP contribution >= 0.6 is 28.1 Å². The van der Waals surface area contributed by atoms with Crippen LogP contribution in [0.1, 0.15) is 0 Å². The Morgan fingerprint density at radius 3 is 2.79 bits per heavy atom. The van der Waals surface area contributed by atoms with E-state index in [0.717, 1.165) is 0 Å². The monoisotopic (exact) mass is 278 g/mol. The van der Waals surface area contributed by atoms with Gasteiger partial charge in [-0.1, -0.05) is 0 Å². The molecular weight excluding hydrogens is 271 g/mol. The lowest BCUT2D eigenvalue weighted by atomic mass is 10.3. The first-order valence-corrected chi connectivity index (χ1v) is 4.84. The summed E-state index contributed by atoms with van der Waals surface area (Å²) in [7, 11) is 1.48. The number of ether oxygens (including phenoxy) is 1. The lowest BCUT2D eigenvalue weighted by Gasteiger charge is -2.10. The topological polar surface area (TPSA) is 47.3 Å². The Morgan fingerprint density at radius 2 is 2.29 bits per heavy atom. The van der Waals surface area contributed by atoms with Gasteiger partial charge in [-0.2, -0.15) is 0 Å². The van der Waals surface area contributed by atoms with Crippen LogP contribution < -0.4 is 15.8 Å². The van der Waals surface area contributed by atoms with E-state index in [2.05, 4.69) is 33.5 Å². The molecule has 0 aliphatic heterocycles. The maximum absolute atomic E-state index is 13.1. The molecule has 0 aliphatic rings. The molecule has 0 radical (unpaired) electrons. The van der Waals surface area contributed by atoms with Gasteiger partial charge in [0.05, 0.1) is 17.3 Å². The minimum atomic E-state index is -0.412. The minimum Gasteiger partial charge on any atom is -0.495 e. The Balaban J connectivity index is 3.13. The summed E-state index contributed by atoms with van der Waals surface area (Å²) in [5.74, 6) is 0.0515. The first-order chi connectivity index (χ1) is 6.54. The average molecular weight is 279 g/mol. The molecule has 0 atom stereocenters. The van der Waals surface area contributed by atoms with Crippen molar-refractivity contribution in [1.29, 1.82) is 0 Å². The number of hydrogen-bond acceptors (Lipinski definition) is 2. The molecule has 14 heavy (non-hydrogen) atoms. The molecule has 1 aromatic carbocycles. The minimum absolute atomic E-state index is 0.0602. The highest BCUT2D eigenvalue weighted by atomic mass is 79.9. The molecule has 0 bridgehead atoms. The van der Waals surface area contributed by atoms with E-state index in [1.165, 1.54) is 19.2 Å². The molecule has 0 amide bonds. The van der Waals surface area contributed by atoms with Gasteiger partial charge in [0.2, 0.25) is 0 Å². The summed E-state index contributed by atoms with van der Waals surface area (Å²) in [5.41, 5.74) is 5.67. The van der Waals surface area contributed by atoms with E-state index in [-0.39, 0.29) is 5.11 Å². The Bertz CT molecular complexity index is 373. The number of methoxy groups -OCH3 is 1. The average Bonchev–Trinajstić information content (AvgIpc) is 2.10. The predicted octanol–water partition coefficient (Wildman–Crippen LogP) is 2.25. The number of anilines is 1. The van der Waals surface area contributed by atoms with Crippen LogP contribution in [-0.4, -0.2) is 12.2 Å². The van der Waals surface area contributed by atoms with E-state index < -0.39 is 5.82 Å². The number of rotatable bonds is 2. The van der Waals surface area contributed by atoms with E-state index in [0.29, 0.717) is 15.9 Å². The van der Waals surface area contributed by atoms with E-state index in [1.54, 1.807) is 0 Å². The highest BCUT2D eigenvalue weighted by molar-refractivity contribution is 9.10. The molecule has 0 spiro atoms. The lowest BCUT2D eigenvalue weighted by Crippen LogP contribution is -2.19. The van der Waals surface area contributed by atoms with Crippen molar-refractivity contribution in [1.82, 2.24) is 0 Å². The van der Waals surface area contributed by atoms with Crippen molar-refractivity contribution < 1.29 is 9.13 Å². The molecule has 0 fully saturated rings. The Labute approximate surface area is 94.6 Å². The number of thiocarbonyl (C=S) groups is 1. The second kappa shape index (κ2) is 4.56. The fraction of sp³-hybridized carbons (Fsp3) is 0.125. The third-order valence-corrected chi connectivity index (χ3v) is 2.21. The zero-order valence-electron chi connectivity index (χ0n) is 7.30. The fourth-order valence-corrected chi connectivity index (χ4v) is 1.36. The molecule has 0 unspecified atom stereocenters. The van der Waals surface area contributed by atoms with Crippen molar-refractivity contribution in [3.8, 4) is 5.75 Å². The summed E-state index contributed by atoms with van der Waals surface area (Å²) >= 11 is 7.68. The van der Waals surface area contributed by atoms with Crippen LogP contribution in [0.4, 0.5) is 10.1 Å². The Hall–Kier alpha value is -0.880. The summed E-state index contributed by atoms with van der Waals surface area (Å²) in [5, 5.41) is 2.68. The van der Waals surface area contributed by atoms with Gasteiger partial charge in [0.15, 0.2) is 5.11 Å². The molecular formula is C8H8BrFN2OS. The van der Waals surface area contributed by atoms with Gasteiger partial charge in [0, 0.05) is 6.07 Å². The van der Waals surface area contributed by atoms with Crippen molar-refractivity contribution in [3.63, 3.8) is 0 Å². The molecule has 76 valence electrons. The molecule has 1 rings (SSSR count). The van der Waals surface area contributed by atoms with Gasteiger partial charge in [0.1, 0.15) is 11.6 Å². The number of hydrogen-bond donors (Lipinski definition) is 2. The van der Waals surface area contributed by atoms with Gasteiger partial charge in [-0.3, -0.25) is 0 Å². The molecule has 6 heteroatoms. The van der Waals surface area contributed by atoms with Crippen LogP contribution in [0, 0.1) is 5.82 Å². The SMILES string of the molecule is COc1cc(Br)c(F)cc1NC(N)=S. The van der Waals surface area contributed by atoms with Crippen molar-refractivity contribution in [3.05, 3.63) is 22.4 Å². The zero-order chi connectivity index (χ0) is 10.7. The molecule has 0 aliphatic carbocycles. The van der Waals surface area contributed by atoms with Crippen LogP contribution in [0.3, 0.4) is 0 Å². The third kappa shape index (κ3) is 2.55. The molecule has 3 N–H and O–H groups in total. The zero-order valence-corrected chi connectivity index (χ0v) is 9.71. The van der Waals surface area contributed by atoms with Crippen LogP contribution in [-0.2, 0) is 0 Å². The quantitative estimate of drug-likeness (QED) is 0.815. The van der Waals surface area contributed by atoms with Crippen LogP contribution in [0.2, 0.25) is 0 Å². The van der Waals surface area contributed by atoms with Gasteiger partial charge in [-0.25, -0.2) is 4.39 Å². The van der Waals surface area contributed by atoms with E-state index in [4.69, 9.17) is 10.5 Å². The number of nitrogens with one attached hydrogen (secondary N) is 1. The molecule has 1 aromatic rings.